The van der Waals surface area contributed by atoms with Gasteiger partial charge in [-0.3, -0.25) is 9.59 Å². The quantitative estimate of drug-likeness (QED) is 0.392. The summed E-state index contributed by atoms with van der Waals surface area (Å²) in [5.41, 5.74) is 5.64. The Morgan fingerprint density at radius 3 is 2.34 bits per heavy atom. The van der Waals surface area contributed by atoms with Gasteiger partial charge in [-0.05, 0) is 76.6 Å². The highest BCUT2D eigenvalue weighted by Gasteiger charge is 2.35. The van der Waals surface area contributed by atoms with E-state index >= 15 is 0 Å². The monoisotopic (exact) mass is 510 g/mol. The van der Waals surface area contributed by atoms with Crippen molar-refractivity contribution in [3.05, 3.63) is 82.9 Å². The lowest BCUT2D eigenvalue weighted by Gasteiger charge is -2.17. The van der Waals surface area contributed by atoms with E-state index in [9.17, 15) is 9.59 Å². The van der Waals surface area contributed by atoms with Crippen molar-refractivity contribution in [3.63, 3.8) is 0 Å². The molecule has 9 nitrogen and oxygen atoms in total. The summed E-state index contributed by atoms with van der Waals surface area (Å²) < 4.78 is 7.78. The second-order valence-electron chi connectivity index (χ2n) is 9.68. The van der Waals surface area contributed by atoms with E-state index in [1.54, 1.807) is 46.8 Å². The van der Waals surface area contributed by atoms with Crippen molar-refractivity contribution in [2.75, 3.05) is 16.8 Å². The van der Waals surface area contributed by atoms with Gasteiger partial charge in [-0.15, -0.1) is 0 Å². The molecule has 194 valence electrons. The van der Waals surface area contributed by atoms with Crippen molar-refractivity contribution in [3.8, 4) is 17.4 Å². The van der Waals surface area contributed by atoms with Gasteiger partial charge >= 0.3 is 0 Å². The molecule has 1 N–H and O–H groups in total. The van der Waals surface area contributed by atoms with Crippen molar-refractivity contribution in [2.24, 2.45) is 5.92 Å². The summed E-state index contributed by atoms with van der Waals surface area (Å²) in [6.07, 6.45) is 0.186. The summed E-state index contributed by atoms with van der Waals surface area (Å²) in [7, 11) is 0. The van der Waals surface area contributed by atoms with Crippen LogP contribution < -0.4 is 15.0 Å². The number of carbonyl (C=O) groups excluding carboxylic acids is 2. The Balaban J connectivity index is 1.24. The zero-order valence-corrected chi connectivity index (χ0v) is 22.1. The molecular formula is C29H30N6O3. The lowest BCUT2D eigenvalue weighted by molar-refractivity contribution is -0.122. The van der Waals surface area contributed by atoms with Crippen LogP contribution in [0.2, 0.25) is 0 Å². The zero-order chi connectivity index (χ0) is 27.0. The van der Waals surface area contributed by atoms with Crippen LogP contribution in [0.25, 0.3) is 5.82 Å². The molecule has 0 saturated carbocycles. The molecule has 1 aliphatic rings. The fourth-order valence-electron chi connectivity index (χ4n) is 4.46. The Morgan fingerprint density at radius 1 is 0.974 bits per heavy atom. The highest BCUT2D eigenvalue weighted by Crippen LogP contribution is 2.28. The third-order valence-corrected chi connectivity index (χ3v) is 6.86. The van der Waals surface area contributed by atoms with Gasteiger partial charge in [0.1, 0.15) is 11.6 Å². The van der Waals surface area contributed by atoms with Crippen LogP contribution in [0.1, 0.15) is 34.8 Å². The van der Waals surface area contributed by atoms with Crippen LogP contribution in [0.15, 0.2) is 54.6 Å². The number of anilines is 2. The molecule has 1 aliphatic heterocycles. The molecule has 0 radical (unpaired) electrons. The standard InChI is InChI=1S/C29H30N6O3/c1-17-6-10-24(11-7-17)34-16-22(14-28(34)36)29(37)32-23-8-12-25(13-9-23)38-27-15-26(30-21(5)31-27)35-20(4)18(2)19(3)33-35/h6-13,15,22H,14,16H2,1-5H3,(H,32,37). The zero-order valence-electron chi connectivity index (χ0n) is 22.1. The molecule has 0 spiro atoms. The van der Waals surface area contributed by atoms with Gasteiger partial charge in [-0.1, -0.05) is 17.7 Å². The summed E-state index contributed by atoms with van der Waals surface area (Å²) in [6, 6.07) is 16.5. The Morgan fingerprint density at radius 2 is 1.68 bits per heavy atom. The first-order valence-corrected chi connectivity index (χ1v) is 12.5. The van der Waals surface area contributed by atoms with E-state index in [1.165, 1.54) is 0 Å². The van der Waals surface area contributed by atoms with Crippen LogP contribution in [-0.4, -0.2) is 38.1 Å². The van der Waals surface area contributed by atoms with Gasteiger partial charge in [0.05, 0.1) is 11.6 Å². The van der Waals surface area contributed by atoms with Gasteiger partial charge in [0.25, 0.3) is 0 Å². The molecule has 5 rings (SSSR count). The van der Waals surface area contributed by atoms with E-state index in [4.69, 9.17) is 4.74 Å². The van der Waals surface area contributed by atoms with Gasteiger partial charge in [0.15, 0.2) is 5.82 Å². The summed E-state index contributed by atoms with van der Waals surface area (Å²) in [4.78, 5) is 36.0. The Labute approximate surface area is 221 Å². The van der Waals surface area contributed by atoms with E-state index in [-0.39, 0.29) is 18.2 Å². The maximum Gasteiger partial charge on any atom is 0.229 e. The highest BCUT2D eigenvalue weighted by molar-refractivity contribution is 6.03. The average molecular weight is 511 g/mol. The maximum atomic E-state index is 12.9. The number of carbonyl (C=O) groups is 2. The number of amides is 2. The first-order chi connectivity index (χ1) is 18.2. The molecule has 3 heterocycles. The van der Waals surface area contributed by atoms with Crippen molar-refractivity contribution in [1.82, 2.24) is 19.7 Å². The Bertz CT molecular complexity index is 1510. The number of rotatable bonds is 6. The molecule has 9 heteroatoms. The minimum Gasteiger partial charge on any atom is -0.439 e. The number of aryl methyl sites for hydroxylation is 3. The summed E-state index contributed by atoms with van der Waals surface area (Å²) in [5, 5.41) is 7.50. The Hall–Kier alpha value is -4.53. The van der Waals surface area contributed by atoms with E-state index in [0.717, 1.165) is 28.2 Å². The SMILES string of the molecule is Cc1ccc(N2CC(C(=O)Nc3ccc(Oc4cc(-n5nc(C)c(C)c5C)nc(C)n4)cc3)CC2=O)cc1. The van der Waals surface area contributed by atoms with Crippen LogP contribution in [0, 0.1) is 40.5 Å². The molecule has 0 bridgehead atoms. The molecular weight excluding hydrogens is 480 g/mol. The number of benzene rings is 2. The predicted molar refractivity (Wildman–Crippen MR) is 145 cm³/mol. The first kappa shape index (κ1) is 25.1. The van der Waals surface area contributed by atoms with E-state index in [1.807, 2.05) is 52.0 Å². The van der Waals surface area contributed by atoms with Crippen LogP contribution in [-0.2, 0) is 9.59 Å². The molecule has 0 aliphatic carbocycles. The molecule has 1 atom stereocenters. The number of nitrogens with one attached hydrogen (secondary N) is 1. The summed E-state index contributed by atoms with van der Waals surface area (Å²) >= 11 is 0. The smallest absolute Gasteiger partial charge is 0.229 e. The lowest BCUT2D eigenvalue weighted by atomic mass is 10.1. The topological polar surface area (TPSA) is 102 Å². The van der Waals surface area contributed by atoms with Gasteiger partial charge in [-0.2, -0.15) is 10.1 Å². The van der Waals surface area contributed by atoms with Crippen molar-refractivity contribution in [1.29, 1.82) is 0 Å². The van der Waals surface area contributed by atoms with Crippen LogP contribution in [0.4, 0.5) is 11.4 Å². The van der Waals surface area contributed by atoms with Crippen LogP contribution in [0.3, 0.4) is 0 Å². The number of hydrogen-bond acceptors (Lipinski definition) is 6. The lowest BCUT2D eigenvalue weighted by Crippen LogP contribution is -2.28. The molecule has 1 unspecified atom stereocenters. The van der Waals surface area contributed by atoms with Crippen molar-refractivity contribution < 1.29 is 14.3 Å². The van der Waals surface area contributed by atoms with Gasteiger partial charge in [0.2, 0.25) is 17.7 Å². The molecule has 2 aromatic heterocycles. The van der Waals surface area contributed by atoms with E-state index in [2.05, 4.69) is 20.4 Å². The predicted octanol–water partition coefficient (Wildman–Crippen LogP) is 4.99. The fraction of sp³-hybridized carbons (Fsp3) is 0.276. The summed E-state index contributed by atoms with van der Waals surface area (Å²) in [6.45, 7) is 10.2. The van der Waals surface area contributed by atoms with Gasteiger partial charge in [-0.25, -0.2) is 9.67 Å². The second kappa shape index (κ2) is 10.1. The molecule has 4 aromatic rings. The highest BCUT2D eigenvalue weighted by atomic mass is 16.5. The largest absolute Gasteiger partial charge is 0.439 e. The van der Waals surface area contributed by atoms with Gasteiger partial charge < -0.3 is 15.0 Å². The van der Waals surface area contributed by atoms with Gasteiger partial charge in [0, 0.05) is 36.1 Å². The van der Waals surface area contributed by atoms with E-state index < -0.39 is 5.92 Å². The Kier molecular flexibility index (Phi) is 6.67. The minimum absolute atomic E-state index is 0.0482. The number of aromatic nitrogens is 4. The first-order valence-electron chi connectivity index (χ1n) is 12.5. The number of hydrogen-bond donors (Lipinski definition) is 1. The van der Waals surface area contributed by atoms with Crippen molar-refractivity contribution in [2.45, 2.75) is 41.0 Å². The van der Waals surface area contributed by atoms with Crippen molar-refractivity contribution >= 4 is 23.2 Å². The normalized spacial score (nSPS) is 15.1. The third-order valence-electron chi connectivity index (χ3n) is 6.86. The third kappa shape index (κ3) is 5.13. The van der Waals surface area contributed by atoms with E-state index in [0.29, 0.717) is 35.5 Å². The fourth-order valence-corrected chi connectivity index (χ4v) is 4.46. The number of nitrogens with zero attached hydrogens (tertiary/aromatic N) is 5. The maximum absolute atomic E-state index is 12.9. The molecule has 1 saturated heterocycles. The molecule has 2 aromatic carbocycles. The summed E-state index contributed by atoms with van der Waals surface area (Å²) in [5.74, 6) is 1.52. The second-order valence-corrected chi connectivity index (χ2v) is 9.68. The molecule has 2 amide bonds. The van der Waals surface area contributed by atoms with Crippen LogP contribution >= 0.6 is 0 Å². The number of ether oxygens (including phenoxy) is 1. The molecule has 1 fully saturated rings. The average Bonchev–Trinajstić information content (AvgIpc) is 3.40. The van der Waals surface area contributed by atoms with Crippen LogP contribution in [0.5, 0.6) is 11.6 Å². The minimum atomic E-state index is -0.417. The molecule has 38 heavy (non-hydrogen) atoms.